The molecule has 1 aliphatic rings. The topological polar surface area (TPSA) is 60.4 Å². The molecule has 0 aromatic carbocycles. The van der Waals surface area contributed by atoms with Gasteiger partial charge in [-0.3, -0.25) is 0 Å². The van der Waals surface area contributed by atoms with Crippen LogP contribution < -0.4 is 9.64 Å². The van der Waals surface area contributed by atoms with Gasteiger partial charge in [0.15, 0.2) is 5.82 Å². The van der Waals surface area contributed by atoms with Gasteiger partial charge in [-0.1, -0.05) is 34.8 Å². The normalized spacial score (nSPS) is 16.8. The van der Waals surface area contributed by atoms with E-state index in [0.29, 0.717) is 32.3 Å². The summed E-state index contributed by atoms with van der Waals surface area (Å²) in [7, 11) is 1.45. The fourth-order valence-corrected chi connectivity index (χ4v) is 1.72. The largest absolute Gasteiger partial charge is 0.467 e. The van der Waals surface area contributed by atoms with Crippen molar-refractivity contribution in [2.45, 2.75) is 3.79 Å². The Kier molecular flexibility index (Phi) is 4.32. The van der Waals surface area contributed by atoms with E-state index in [4.69, 9.17) is 44.3 Å². The van der Waals surface area contributed by atoms with Crippen molar-refractivity contribution in [1.82, 2.24) is 15.0 Å². The van der Waals surface area contributed by atoms with Crippen LogP contribution in [0.4, 0.5) is 5.95 Å². The van der Waals surface area contributed by atoms with Crippen LogP contribution in [0.5, 0.6) is 6.01 Å². The molecule has 0 unspecified atom stereocenters. The van der Waals surface area contributed by atoms with Crippen LogP contribution in [0.15, 0.2) is 0 Å². The Balaban J connectivity index is 2.34. The third-order valence-electron chi connectivity index (χ3n) is 2.33. The van der Waals surface area contributed by atoms with Gasteiger partial charge >= 0.3 is 6.01 Å². The molecule has 0 atom stereocenters. The van der Waals surface area contributed by atoms with E-state index in [1.54, 1.807) is 0 Å². The summed E-state index contributed by atoms with van der Waals surface area (Å²) in [5, 5.41) is 0. The summed E-state index contributed by atoms with van der Waals surface area (Å²) < 4.78 is 8.53. The standard InChI is InChI=1S/C9H11Cl3N4O2/c1-17-8-14-6(9(10,11)12)13-7(15-8)16-2-4-18-5-3-16/h2-5H2,1H3. The lowest BCUT2D eigenvalue weighted by atomic mass is 10.4. The highest BCUT2D eigenvalue weighted by molar-refractivity contribution is 6.66. The number of rotatable bonds is 2. The number of hydrogen-bond acceptors (Lipinski definition) is 6. The van der Waals surface area contributed by atoms with E-state index >= 15 is 0 Å². The van der Waals surface area contributed by atoms with Crippen LogP contribution in [0.25, 0.3) is 0 Å². The van der Waals surface area contributed by atoms with E-state index in [9.17, 15) is 0 Å². The number of nitrogens with zero attached hydrogens (tertiary/aromatic N) is 4. The Morgan fingerprint density at radius 3 is 2.39 bits per heavy atom. The molecular formula is C9H11Cl3N4O2. The summed E-state index contributed by atoms with van der Waals surface area (Å²) >= 11 is 17.3. The second kappa shape index (κ2) is 5.61. The van der Waals surface area contributed by atoms with Crippen molar-refractivity contribution in [2.24, 2.45) is 0 Å². The molecule has 0 spiro atoms. The van der Waals surface area contributed by atoms with E-state index in [0.717, 1.165) is 0 Å². The molecule has 9 heteroatoms. The van der Waals surface area contributed by atoms with Gasteiger partial charge in [0.2, 0.25) is 9.74 Å². The Morgan fingerprint density at radius 1 is 1.17 bits per heavy atom. The minimum atomic E-state index is -1.71. The maximum Gasteiger partial charge on any atom is 0.321 e. The smallest absolute Gasteiger partial charge is 0.321 e. The van der Waals surface area contributed by atoms with Crippen LogP contribution in [0.3, 0.4) is 0 Å². The minimum Gasteiger partial charge on any atom is -0.467 e. The molecule has 0 N–H and O–H groups in total. The van der Waals surface area contributed by atoms with E-state index in [2.05, 4.69) is 15.0 Å². The number of anilines is 1. The number of halogens is 3. The summed E-state index contributed by atoms with van der Waals surface area (Å²) in [4.78, 5) is 14.1. The molecule has 18 heavy (non-hydrogen) atoms. The first-order valence-corrected chi connectivity index (χ1v) is 6.34. The van der Waals surface area contributed by atoms with Crippen molar-refractivity contribution in [3.8, 4) is 6.01 Å². The number of methoxy groups -OCH3 is 1. The van der Waals surface area contributed by atoms with Gasteiger partial charge in [-0.15, -0.1) is 0 Å². The molecule has 1 aromatic heterocycles. The molecule has 100 valence electrons. The summed E-state index contributed by atoms with van der Waals surface area (Å²) in [6, 6.07) is 0.118. The van der Waals surface area contributed by atoms with Gasteiger partial charge in [0, 0.05) is 13.1 Å². The second-order valence-electron chi connectivity index (χ2n) is 3.54. The Labute approximate surface area is 119 Å². The monoisotopic (exact) mass is 312 g/mol. The molecular weight excluding hydrogens is 302 g/mol. The van der Waals surface area contributed by atoms with Crippen molar-refractivity contribution in [3.63, 3.8) is 0 Å². The van der Waals surface area contributed by atoms with E-state index in [1.807, 2.05) is 4.90 Å². The molecule has 1 saturated heterocycles. The highest BCUT2D eigenvalue weighted by Gasteiger charge is 2.29. The van der Waals surface area contributed by atoms with Gasteiger partial charge in [0.1, 0.15) is 0 Å². The molecule has 1 aromatic rings. The zero-order valence-corrected chi connectivity index (χ0v) is 11.8. The van der Waals surface area contributed by atoms with Gasteiger partial charge in [0.05, 0.1) is 20.3 Å². The molecule has 0 aliphatic carbocycles. The average Bonchev–Trinajstić information content (AvgIpc) is 2.38. The summed E-state index contributed by atoms with van der Waals surface area (Å²) in [5.41, 5.74) is 0. The number of aromatic nitrogens is 3. The van der Waals surface area contributed by atoms with Crippen LogP contribution >= 0.6 is 34.8 Å². The van der Waals surface area contributed by atoms with Gasteiger partial charge in [0.25, 0.3) is 0 Å². The highest BCUT2D eigenvalue weighted by Crippen LogP contribution is 2.36. The lowest BCUT2D eigenvalue weighted by molar-refractivity contribution is 0.122. The summed E-state index contributed by atoms with van der Waals surface area (Å²) in [6.07, 6.45) is 0. The third-order valence-corrected chi connectivity index (χ3v) is 2.84. The lowest BCUT2D eigenvalue weighted by Gasteiger charge is -2.27. The third kappa shape index (κ3) is 3.26. The quantitative estimate of drug-likeness (QED) is 0.772. The average molecular weight is 314 g/mol. The van der Waals surface area contributed by atoms with Gasteiger partial charge < -0.3 is 14.4 Å². The molecule has 0 bridgehead atoms. The molecule has 0 radical (unpaired) electrons. The van der Waals surface area contributed by atoms with Crippen molar-refractivity contribution < 1.29 is 9.47 Å². The Bertz CT molecular complexity index is 421. The molecule has 0 saturated carbocycles. The summed E-state index contributed by atoms with van der Waals surface area (Å²) in [5.74, 6) is 0.465. The number of alkyl halides is 3. The van der Waals surface area contributed by atoms with Crippen molar-refractivity contribution in [1.29, 1.82) is 0 Å². The van der Waals surface area contributed by atoms with Crippen molar-refractivity contribution >= 4 is 40.8 Å². The molecule has 2 heterocycles. The fraction of sp³-hybridized carbons (Fsp3) is 0.667. The lowest BCUT2D eigenvalue weighted by Crippen LogP contribution is -2.37. The van der Waals surface area contributed by atoms with Gasteiger partial charge in [-0.05, 0) is 0 Å². The van der Waals surface area contributed by atoms with E-state index < -0.39 is 3.79 Å². The van der Waals surface area contributed by atoms with Gasteiger partial charge in [-0.25, -0.2) is 0 Å². The van der Waals surface area contributed by atoms with Gasteiger partial charge in [-0.2, -0.15) is 15.0 Å². The Morgan fingerprint density at radius 2 is 1.83 bits per heavy atom. The first-order valence-electron chi connectivity index (χ1n) is 5.20. The van der Waals surface area contributed by atoms with Crippen LogP contribution in [0.2, 0.25) is 0 Å². The fourth-order valence-electron chi connectivity index (χ4n) is 1.47. The van der Waals surface area contributed by atoms with Crippen molar-refractivity contribution in [2.75, 3.05) is 38.3 Å². The maximum atomic E-state index is 5.78. The summed E-state index contributed by atoms with van der Waals surface area (Å²) in [6.45, 7) is 2.56. The molecule has 2 rings (SSSR count). The van der Waals surface area contributed by atoms with E-state index in [1.165, 1.54) is 7.11 Å². The zero-order valence-electron chi connectivity index (χ0n) is 9.57. The zero-order chi connectivity index (χ0) is 13.2. The van der Waals surface area contributed by atoms with Crippen LogP contribution in [0.1, 0.15) is 5.82 Å². The molecule has 1 fully saturated rings. The number of ether oxygens (including phenoxy) is 2. The first-order chi connectivity index (χ1) is 8.50. The molecule has 1 aliphatic heterocycles. The van der Waals surface area contributed by atoms with Crippen LogP contribution in [-0.4, -0.2) is 48.4 Å². The molecule has 0 amide bonds. The van der Waals surface area contributed by atoms with Crippen LogP contribution in [-0.2, 0) is 8.53 Å². The highest BCUT2D eigenvalue weighted by atomic mass is 35.6. The second-order valence-corrected chi connectivity index (χ2v) is 5.82. The van der Waals surface area contributed by atoms with Crippen molar-refractivity contribution in [3.05, 3.63) is 5.82 Å². The predicted molar refractivity (Wildman–Crippen MR) is 68.6 cm³/mol. The predicted octanol–water partition coefficient (Wildman–Crippen LogP) is 1.54. The maximum absolute atomic E-state index is 5.78. The number of hydrogen-bond donors (Lipinski definition) is 0. The van der Waals surface area contributed by atoms with Crippen LogP contribution in [0, 0.1) is 0 Å². The molecule has 6 nitrogen and oxygen atoms in total. The Hall–Kier alpha value is -0.560. The SMILES string of the molecule is COc1nc(N2CCOCC2)nc(C(Cl)(Cl)Cl)n1. The first kappa shape index (κ1) is 13.9. The number of morpholine rings is 1. The van der Waals surface area contributed by atoms with E-state index in [-0.39, 0.29) is 11.8 Å². The minimum absolute atomic E-state index is 0.0424.